The van der Waals surface area contributed by atoms with Gasteiger partial charge in [-0.3, -0.25) is 4.31 Å². The van der Waals surface area contributed by atoms with Crippen molar-refractivity contribution in [1.82, 2.24) is 0 Å². The molecule has 0 fully saturated rings. The molecule has 16 heavy (non-hydrogen) atoms. The molecular formula is C10H12FNO3S. The van der Waals surface area contributed by atoms with E-state index in [9.17, 15) is 12.8 Å². The lowest BCUT2D eigenvalue weighted by atomic mass is 10.2. The Bertz CT molecular complexity index is 501. The van der Waals surface area contributed by atoms with Crippen molar-refractivity contribution in [3.8, 4) is 0 Å². The number of nitrogens with zero attached hydrogens (tertiary/aromatic N) is 1. The Hall–Kier alpha value is -1.14. The number of aliphatic hydroxyl groups excluding tert-OH is 1. The second kappa shape index (κ2) is 4.03. The first kappa shape index (κ1) is 11.3. The number of halogens is 1. The first-order valence-electron chi connectivity index (χ1n) is 4.94. The van der Waals surface area contributed by atoms with E-state index in [-0.39, 0.29) is 5.75 Å². The summed E-state index contributed by atoms with van der Waals surface area (Å²) in [5.74, 6) is -0.784. The van der Waals surface area contributed by atoms with Crippen molar-refractivity contribution < 1.29 is 17.9 Å². The first-order chi connectivity index (χ1) is 7.54. The highest BCUT2D eigenvalue weighted by atomic mass is 32.2. The summed E-state index contributed by atoms with van der Waals surface area (Å²) >= 11 is 0. The second-order valence-corrected chi connectivity index (χ2v) is 5.65. The summed E-state index contributed by atoms with van der Waals surface area (Å²) in [5.41, 5.74) is 1.22. The van der Waals surface area contributed by atoms with Crippen LogP contribution in [0.2, 0.25) is 0 Å². The van der Waals surface area contributed by atoms with Gasteiger partial charge < -0.3 is 5.11 Å². The van der Waals surface area contributed by atoms with Crippen molar-refractivity contribution in [2.24, 2.45) is 0 Å². The first-order valence-corrected chi connectivity index (χ1v) is 6.55. The fourth-order valence-electron chi connectivity index (χ4n) is 1.84. The van der Waals surface area contributed by atoms with Crippen molar-refractivity contribution in [2.45, 2.75) is 6.42 Å². The molecule has 88 valence electrons. The molecule has 0 unspecified atom stereocenters. The number of fused-ring (bicyclic) bond motifs is 1. The average molecular weight is 245 g/mol. The summed E-state index contributed by atoms with van der Waals surface area (Å²) in [7, 11) is -3.52. The monoisotopic (exact) mass is 245 g/mol. The lowest BCUT2D eigenvalue weighted by Gasteiger charge is -2.18. The predicted molar refractivity (Wildman–Crippen MR) is 58.3 cm³/mol. The molecule has 0 atom stereocenters. The smallest absolute Gasteiger partial charge is 0.237 e. The van der Waals surface area contributed by atoms with Crippen LogP contribution in [0, 0.1) is 5.82 Å². The Morgan fingerprint density at radius 3 is 2.88 bits per heavy atom. The molecule has 0 aliphatic carbocycles. The third kappa shape index (κ3) is 1.90. The number of benzene rings is 1. The molecule has 0 radical (unpaired) electrons. The normalized spacial score (nSPS) is 15.2. The van der Waals surface area contributed by atoms with E-state index < -0.39 is 22.4 Å². The Labute approximate surface area is 93.4 Å². The third-order valence-electron chi connectivity index (χ3n) is 2.59. The highest BCUT2D eigenvalue weighted by Gasteiger charge is 2.29. The Morgan fingerprint density at radius 1 is 1.44 bits per heavy atom. The molecule has 0 aromatic heterocycles. The van der Waals surface area contributed by atoms with Crippen molar-refractivity contribution in [3.63, 3.8) is 0 Å². The summed E-state index contributed by atoms with van der Waals surface area (Å²) < 4.78 is 37.7. The number of rotatable bonds is 3. The largest absolute Gasteiger partial charge is 0.395 e. The molecule has 0 amide bonds. The van der Waals surface area contributed by atoms with Crippen LogP contribution in [0.4, 0.5) is 10.1 Å². The number of sulfonamides is 1. The standard InChI is InChI=1S/C10H12FNO3S/c11-9-2-1-8-3-4-12(10(8)7-9)16(14,15)6-5-13/h1-2,7,13H,3-6H2. The van der Waals surface area contributed by atoms with Gasteiger partial charge in [0.1, 0.15) is 5.82 Å². The van der Waals surface area contributed by atoms with Crippen molar-refractivity contribution >= 4 is 15.7 Å². The fourth-order valence-corrected chi connectivity index (χ4v) is 3.13. The minimum Gasteiger partial charge on any atom is -0.395 e. The van der Waals surface area contributed by atoms with Crippen molar-refractivity contribution in [1.29, 1.82) is 0 Å². The van der Waals surface area contributed by atoms with E-state index in [1.54, 1.807) is 6.07 Å². The number of aliphatic hydroxyl groups is 1. The van der Waals surface area contributed by atoms with Gasteiger partial charge in [0.25, 0.3) is 0 Å². The Morgan fingerprint density at radius 2 is 2.19 bits per heavy atom. The van der Waals surface area contributed by atoms with Crippen LogP contribution in [-0.2, 0) is 16.4 Å². The molecule has 1 heterocycles. The molecule has 1 aromatic rings. The summed E-state index contributed by atoms with van der Waals surface area (Å²) in [4.78, 5) is 0. The van der Waals surface area contributed by atoms with Gasteiger partial charge in [0, 0.05) is 6.54 Å². The molecule has 1 aliphatic rings. The van der Waals surface area contributed by atoms with E-state index in [1.807, 2.05) is 0 Å². The average Bonchev–Trinajstić information content (AvgIpc) is 2.60. The van der Waals surface area contributed by atoms with Crippen LogP contribution in [-0.4, -0.2) is 32.4 Å². The molecule has 1 N–H and O–H groups in total. The van der Waals surface area contributed by atoms with Gasteiger partial charge >= 0.3 is 0 Å². The van der Waals surface area contributed by atoms with E-state index in [0.29, 0.717) is 18.7 Å². The molecule has 6 heteroatoms. The van der Waals surface area contributed by atoms with Crippen LogP contribution in [0.25, 0.3) is 0 Å². The summed E-state index contributed by atoms with van der Waals surface area (Å²) in [6, 6.07) is 4.14. The number of anilines is 1. The molecule has 0 spiro atoms. The van der Waals surface area contributed by atoms with Gasteiger partial charge in [0.05, 0.1) is 18.0 Å². The SMILES string of the molecule is O=S(=O)(CCO)N1CCc2ccc(F)cc21. The lowest BCUT2D eigenvalue weighted by Crippen LogP contribution is -2.32. The molecule has 0 saturated heterocycles. The second-order valence-electron chi connectivity index (χ2n) is 3.63. The molecule has 4 nitrogen and oxygen atoms in total. The molecule has 0 bridgehead atoms. The van der Waals surface area contributed by atoms with Crippen LogP contribution >= 0.6 is 0 Å². The van der Waals surface area contributed by atoms with Crippen LogP contribution < -0.4 is 4.31 Å². The van der Waals surface area contributed by atoms with Crippen molar-refractivity contribution in [2.75, 3.05) is 23.2 Å². The molecule has 1 aliphatic heterocycles. The Balaban J connectivity index is 2.40. The summed E-state index contributed by atoms with van der Waals surface area (Å²) in [6.45, 7) is -0.107. The lowest BCUT2D eigenvalue weighted by molar-refractivity contribution is 0.319. The number of hydrogen-bond donors (Lipinski definition) is 1. The molecule has 2 rings (SSSR count). The minimum atomic E-state index is -3.52. The summed E-state index contributed by atoms with van der Waals surface area (Å²) in [5, 5.41) is 8.68. The maximum absolute atomic E-state index is 13.0. The van der Waals surface area contributed by atoms with E-state index in [0.717, 1.165) is 5.56 Å². The maximum Gasteiger partial charge on any atom is 0.237 e. The molecular weight excluding hydrogens is 233 g/mol. The highest BCUT2D eigenvalue weighted by Crippen LogP contribution is 2.30. The van der Waals surface area contributed by atoms with Gasteiger partial charge in [-0.25, -0.2) is 12.8 Å². The third-order valence-corrected chi connectivity index (χ3v) is 4.33. The predicted octanol–water partition coefficient (Wildman–Crippen LogP) is 0.510. The zero-order valence-corrected chi connectivity index (χ0v) is 9.37. The maximum atomic E-state index is 13.0. The van der Waals surface area contributed by atoms with Gasteiger partial charge in [-0.1, -0.05) is 6.07 Å². The quantitative estimate of drug-likeness (QED) is 0.844. The van der Waals surface area contributed by atoms with E-state index in [1.165, 1.54) is 16.4 Å². The zero-order chi connectivity index (χ0) is 11.8. The van der Waals surface area contributed by atoms with Crippen LogP contribution in [0.5, 0.6) is 0 Å². The van der Waals surface area contributed by atoms with Gasteiger partial charge in [0.2, 0.25) is 10.0 Å². The molecule has 0 saturated carbocycles. The van der Waals surface area contributed by atoms with Gasteiger partial charge in [-0.05, 0) is 24.1 Å². The zero-order valence-electron chi connectivity index (χ0n) is 8.56. The van der Waals surface area contributed by atoms with Crippen LogP contribution in [0.15, 0.2) is 18.2 Å². The van der Waals surface area contributed by atoms with Crippen molar-refractivity contribution in [3.05, 3.63) is 29.6 Å². The Kier molecular flexibility index (Phi) is 2.86. The topological polar surface area (TPSA) is 57.6 Å². The van der Waals surface area contributed by atoms with Crippen LogP contribution in [0.1, 0.15) is 5.56 Å². The van der Waals surface area contributed by atoms with Crippen LogP contribution in [0.3, 0.4) is 0 Å². The summed E-state index contributed by atoms with van der Waals surface area (Å²) in [6.07, 6.45) is 0.584. The minimum absolute atomic E-state index is 0.321. The van der Waals surface area contributed by atoms with Gasteiger partial charge in [-0.2, -0.15) is 0 Å². The van der Waals surface area contributed by atoms with E-state index in [2.05, 4.69) is 0 Å². The van der Waals surface area contributed by atoms with E-state index in [4.69, 9.17) is 5.11 Å². The number of hydrogen-bond acceptors (Lipinski definition) is 3. The molecule has 1 aromatic carbocycles. The van der Waals surface area contributed by atoms with Gasteiger partial charge in [0.15, 0.2) is 0 Å². The van der Waals surface area contributed by atoms with Gasteiger partial charge in [-0.15, -0.1) is 0 Å². The fraction of sp³-hybridized carbons (Fsp3) is 0.400. The van der Waals surface area contributed by atoms with E-state index >= 15 is 0 Å². The highest BCUT2D eigenvalue weighted by molar-refractivity contribution is 7.92.